The molecule has 0 atom stereocenters. The Bertz CT molecular complexity index is 2110. The first-order valence-corrected chi connectivity index (χ1v) is 13.3. The SMILES string of the molecule is O=C(COc1ccc(C=Nn2c(-c3cc4cc(Cl)ccc4o3)nc3ccccc3c2=O)cc1[N+](=O)[O-])Nc1ccccc1. The molecular weight excluding hydrogens is 574 g/mol. The molecule has 6 aromatic rings. The first-order chi connectivity index (χ1) is 20.9. The number of hydrogen-bond acceptors (Lipinski definition) is 8. The molecule has 2 heterocycles. The third kappa shape index (κ3) is 5.83. The van der Waals surface area contributed by atoms with Gasteiger partial charge in [-0.05, 0) is 60.7 Å². The molecule has 12 heteroatoms. The maximum atomic E-state index is 13.5. The van der Waals surface area contributed by atoms with Gasteiger partial charge in [0.05, 0.1) is 22.0 Å². The van der Waals surface area contributed by atoms with Gasteiger partial charge in [-0.15, -0.1) is 0 Å². The van der Waals surface area contributed by atoms with Crippen LogP contribution < -0.4 is 15.6 Å². The van der Waals surface area contributed by atoms with Crippen LogP contribution in [0.5, 0.6) is 5.75 Å². The zero-order chi connectivity index (χ0) is 29.9. The fourth-order valence-corrected chi connectivity index (χ4v) is 4.56. The van der Waals surface area contributed by atoms with Crippen molar-refractivity contribution in [3.8, 4) is 17.3 Å². The number of nitro benzene ring substituents is 1. The Labute approximate surface area is 247 Å². The van der Waals surface area contributed by atoms with Crippen LogP contribution in [0.15, 0.2) is 111 Å². The third-order valence-corrected chi connectivity index (χ3v) is 6.61. The van der Waals surface area contributed by atoms with Gasteiger partial charge in [-0.25, -0.2) is 4.98 Å². The van der Waals surface area contributed by atoms with Crippen LogP contribution in [-0.2, 0) is 4.79 Å². The van der Waals surface area contributed by atoms with E-state index >= 15 is 0 Å². The Hall–Kier alpha value is -5.81. The largest absolute Gasteiger partial charge is 0.477 e. The van der Waals surface area contributed by atoms with E-state index < -0.39 is 23.0 Å². The molecule has 0 radical (unpaired) electrons. The molecule has 43 heavy (non-hydrogen) atoms. The molecule has 1 N–H and O–H groups in total. The normalized spacial score (nSPS) is 11.3. The lowest BCUT2D eigenvalue weighted by molar-refractivity contribution is -0.385. The number of nitro groups is 1. The summed E-state index contributed by atoms with van der Waals surface area (Å²) in [6.45, 7) is -0.437. The summed E-state index contributed by atoms with van der Waals surface area (Å²) in [5.41, 5.74) is 1.02. The molecular formula is C31H20ClN5O6. The minimum Gasteiger partial charge on any atom is -0.477 e. The van der Waals surface area contributed by atoms with Gasteiger partial charge in [-0.1, -0.05) is 41.9 Å². The predicted octanol–water partition coefficient (Wildman–Crippen LogP) is 6.27. The van der Waals surface area contributed by atoms with Gasteiger partial charge in [0.1, 0.15) is 5.58 Å². The van der Waals surface area contributed by atoms with Crippen LogP contribution in [0.1, 0.15) is 5.56 Å². The fourth-order valence-electron chi connectivity index (χ4n) is 4.38. The monoisotopic (exact) mass is 593 g/mol. The minimum atomic E-state index is -0.628. The topological polar surface area (TPSA) is 142 Å². The van der Waals surface area contributed by atoms with Crippen LogP contribution in [0.4, 0.5) is 11.4 Å². The lowest BCUT2D eigenvalue weighted by Crippen LogP contribution is -2.20. The van der Waals surface area contributed by atoms with Crippen molar-refractivity contribution in [1.29, 1.82) is 0 Å². The number of benzene rings is 4. The zero-order valence-corrected chi connectivity index (χ0v) is 22.9. The summed E-state index contributed by atoms with van der Waals surface area (Å²) >= 11 is 6.13. The molecule has 0 bridgehead atoms. The number of rotatable bonds is 8. The van der Waals surface area contributed by atoms with E-state index in [1.807, 2.05) is 6.07 Å². The molecule has 0 aliphatic heterocycles. The Kier molecular flexibility index (Phi) is 7.37. The Balaban J connectivity index is 1.32. The van der Waals surface area contributed by atoms with Gasteiger partial charge in [0.15, 0.2) is 18.1 Å². The molecule has 0 aliphatic rings. The van der Waals surface area contributed by atoms with E-state index in [0.29, 0.717) is 38.1 Å². The Morgan fingerprint density at radius 2 is 1.84 bits per heavy atom. The average Bonchev–Trinajstić information content (AvgIpc) is 3.43. The van der Waals surface area contributed by atoms with Gasteiger partial charge in [0.2, 0.25) is 5.82 Å². The molecule has 6 rings (SSSR count). The fraction of sp³-hybridized carbons (Fsp3) is 0.0323. The Morgan fingerprint density at radius 3 is 2.65 bits per heavy atom. The summed E-state index contributed by atoms with van der Waals surface area (Å²) in [5, 5.41) is 20.4. The van der Waals surface area contributed by atoms with E-state index in [1.165, 1.54) is 24.4 Å². The number of nitrogens with one attached hydrogen (secondary N) is 1. The molecule has 11 nitrogen and oxygen atoms in total. The summed E-state index contributed by atoms with van der Waals surface area (Å²) in [7, 11) is 0. The van der Waals surface area contributed by atoms with Crippen molar-refractivity contribution in [3.05, 3.63) is 128 Å². The number of ether oxygens (including phenoxy) is 1. The quantitative estimate of drug-likeness (QED) is 0.124. The van der Waals surface area contributed by atoms with E-state index in [2.05, 4.69) is 15.4 Å². The van der Waals surface area contributed by atoms with Gasteiger partial charge < -0.3 is 14.5 Å². The van der Waals surface area contributed by atoms with Gasteiger partial charge in [-0.2, -0.15) is 9.78 Å². The van der Waals surface area contributed by atoms with Crippen molar-refractivity contribution in [2.75, 3.05) is 11.9 Å². The van der Waals surface area contributed by atoms with Crippen molar-refractivity contribution < 1.29 is 18.9 Å². The van der Waals surface area contributed by atoms with Crippen molar-refractivity contribution >= 4 is 57.0 Å². The van der Waals surface area contributed by atoms with Crippen molar-refractivity contribution in [2.45, 2.75) is 0 Å². The highest BCUT2D eigenvalue weighted by atomic mass is 35.5. The molecule has 0 unspecified atom stereocenters. The first-order valence-electron chi connectivity index (χ1n) is 12.9. The smallest absolute Gasteiger partial charge is 0.311 e. The molecule has 0 spiro atoms. The summed E-state index contributed by atoms with van der Waals surface area (Å²) in [6.07, 6.45) is 1.29. The van der Waals surface area contributed by atoms with Crippen LogP contribution in [0.3, 0.4) is 0 Å². The standard InChI is InChI=1S/C31H20ClN5O6/c32-21-11-13-26-20(15-21)16-28(43-26)30-35-24-9-5-4-8-23(24)31(39)36(30)33-17-19-10-12-27(25(14-19)37(40)41)42-18-29(38)34-22-6-2-1-3-7-22/h1-17H,18H2,(H,34,38). The molecule has 0 aliphatic carbocycles. The minimum absolute atomic E-state index is 0.100. The van der Waals surface area contributed by atoms with Gasteiger partial charge >= 0.3 is 5.69 Å². The van der Waals surface area contributed by atoms with E-state index in [4.69, 9.17) is 20.8 Å². The summed E-state index contributed by atoms with van der Waals surface area (Å²) < 4.78 is 12.5. The number of nitrogens with zero attached hydrogens (tertiary/aromatic N) is 4. The Morgan fingerprint density at radius 1 is 1.05 bits per heavy atom. The number of furan rings is 1. The van der Waals surface area contributed by atoms with Crippen LogP contribution >= 0.6 is 11.6 Å². The van der Waals surface area contributed by atoms with Gasteiger partial charge in [-0.3, -0.25) is 19.7 Å². The zero-order valence-electron chi connectivity index (χ0n) is 22.1. The third-order valence-electron chi connectivity index (χ3n) is 6.37. The number of hydrogen-bond donors (Lipinski definition) is 1. The molecule has 1 amide bonds. The number of aromatic nitrogens is 2. The van der Waals surface area contributed by atoms with Crippen LogP contribution in [-0.4, -0.2) is 33.3 Å². The highest BCUT2D eigenvalue weighted by molar-refractivity contribution is 6.31. The molecule has 212 valence electrons. The van der Waals surface area contributed by atoms with Crippen molar-refractivity contribution in [1.82, 2.24) is 9.66 Å². The van der Waals surface area contributed by atoms with E-state index in [0.717, 1.165) is 4.68 Å². The van der Waals surface area contributed by atoms with E-state index in [9.17, 15) is 19.7 Å². The average molecular weight is 594 g/mol. The summed E-state index contributed by atoms with van der Waals surface area (Å²) in [6, 6.07) is 26.5. The maximum absolute atomic E-state index is 13.5. The van der Waals surface area contributed by atoms with Gasteiger partial charge in [0, 0.05) is 27.7 Å². The lowest BCUT2D eigenvalue weighted by Gasteiger charge is -2.09. The number of amides is 1. The number of carbonyl (C=O) groups excluding carboxylic acids is 1. The predicted molar refractivity (Wildman–Crippen MR) is 163 cm³/mol. The van der Waals surface area contributed by atoms with Crippen LogP contribution in [0.25, 0.3) is 33.5 Å². The van der Waals surface area contributed by atoms with Crippen molar-refractivity contribution in [3.63, 3.8) is 0 Å². The second-order valence-corrected chi connectivity index (χ2v) is 9.73. The summed E-state index contributed by atoms with van der Waals surface area (Å²) in [5.74, 6) is -0.168. The van der Waals surface area contributed by atoms with Crippen LogP contribution in [0.2, 0.25) is 5.02 Å². The van der Waals surface area contributed by atoms with Crippen LogP contribution in [0, 0.1) is 10.1 Å². The summed E-state index contributed by atoms with van der Waals surface area (Å²) in [4.78, 5) is 41.6. The number of fused-ring (bicyclic) bond motifs is 2. The molecule has 0 saturated carbocycles. The number of carbonyl (C=O) groups is 1. The number of anilines is 1. The van der Waals surface area contributed by atoms with Gasteiger partial charge in [0.25, 0.3) is 11.5 Å². The van der Waals surface area contributed by atoms with E-state index in [1.54, 1.807) is 72.8 Å². The second kappa shape index (κ2) is 11.6. The highest BCUT2D eigenvalue weighted by Gasteiger charge is 2.19. The molecule has 2 aromatic heterocycles. The molecule has 0 fully saturated rings. The number of halogens is 1. The first kappa shape index (κ1) is 27.4. The van der Waals surface area contributed by atoms with E-state index in [-0.39, 0.29) is 23.0 Å². The molecule has 4 aromatic carbocycles. The lowest BCUT2D eigenvalue weighted by atomic mass is 10.2. The van der Waals surface area contributed by atoms with Crippen molar-refractivity contribution in [2.24, 2.45) is 5.10 Å². The highest BCUT2D eigenvalue weighted by Crippen LogP contribution is 2.30. The second-order valence-electron chi connectivity index (χ2n) is 9.29. The maximum Gasteiger partial charge on any atom is 0.311 e. The number of para-hydroxylation sites is 2. The molecule has 0 saturated heterocycles.